The van der Waals surface area contributed by atoms with Crippen LogP contribution in [-0.2, 0) is 16.1 Å². The van der Waals surface area contributed by atoms with Gasteiger partial charge in [-0.25, -0.2) is 4.39 Å². The van der Waals surface area contributed by atoms with Crippen molar-refractivity contribution >= 4 is 23.4 Å². The van der Waals surface area contributed by atoms with E-state index in [9.17, 15) is 14.0 Å². The molecule has 2 aromatic carbocycles. The molecule has 0 heterocycles. The van der Waals surface area contributed by atoms with Crippen molar-refractivity contribution in [1.82, 2.24) is 10.2 Å². The van der Waals surface area contributed by atoms with Gasteiger partial charge in [-0.3, -0.25) is 9.59 Å². The smallest absolute Gasteiger partial charge is 0.261 e. The fourth-order valence-electron chi connectivity index (χ4n) is 2.64. The Morgan fingerprint density at radius 1 is 1.14 bits per heavy atom. The molecule has 5 nitrogen and oxygen atoms in total. The highest BCUT2D eigenvalue weighted by Gasteiger charge is 2.27. The van der Waals surface area contributed by atoms with E-state index in [0.29, 0.717) is 10.6 Å². The Labute approximate surface area is 175 Å². The van der Waals surface area contributed by atoms with Crippen molar-refractivity contribution in [3.8, 4) is 5.75 Å². The molecule has 0 aliphatic heterocycles. The first-order valence-electron chi connectivity index (χ1n) is 9.54. The molecule has 2 rings (SSSR count). The van der Waals surface area contributed by atoms with Gasteiger partial charge in [-0.05, 0) is 44.0 Å². The van der Waals surface area contributed by atoms with Gasteiger partial charge in [-0.2, -0.15) is 0 Å². The number of amides is 2. The second-order valence-corrected chi connectivity index (χ2v) is 7.23. The summed E-state index contributed by atoms with van der Waals surface area (Å²) in [6.07, 6.45) is 0.771. The van der Waals surface area contributed by atoms with Gasteiger partial charge in [0.05, 0.1) is 0 Å². The van der Waals surface area contributed by atoms with E-state index < -0.39 is 24.4 Å². The average molecular weight is 421 g/mol. The van der Waals surface area contributed by atoms with Crippen molar-refractivity contribution in [2.75, 3.05) is 6.61 Å². The quantitative estimate of drug-likeness (QED) is 0.661. The maximum atomic E-state index is 13.8. The highest BCUT2D eigenvalue weighted by molar-refractivity contribution is 6.31. The maximum absolute atomic E-state index is 13.8. The lowest BCUT2D eigenvalue weighted by Crippen LogP contribution is -2.50. The average Bonchev–Trinajstić information content (AvgIpc) is 2.71. The van der Waals surface area contributed by atoms with Gasteiger partial charge in [0.2, 0.25) is 5.91 Å². The number of nitrogens with zero attached hydrogens (tertiary/aromatic N) is 1. The molecule has 1 N–H and O–H groups in total. The van der Waals surface area contributed by atoms with Crippen LogP contribution in [0.1, 0.15) is 32.8 Å². The van der Waals surface area contributed by atoms with Gasteiger partial charge in [-0.15, -0.1) is 0 Å². The molecule has 2 amide bonds. The molecule has 2 aromatic rings. The van der Waals surface area contributed by atoms with E-state index in [0.717, 1.165) is 6.42 Å². The van der Waals surface area contributed by atoms with E-state index in [-0.39, 0.29) is 24.2 Å². The number of carbonyl (C=O) groups is 2. The number of halogens is 2. The first-order chi connectivity index (χ1) is 13.8. The van der Waals surface area contributed by atoms with Gasteiger partial charge in [0, 0.05) is 17.6 Å². The van der Waals surface area contributed by atoms with Crippen LogP contribution in [0.4, 0.5) is 4.39 Å². The largest absolute Gasteiger partial charge is 0.481 e. The van der Waals surface area contributed by atoms with Crippen molar-refractivity contribution in [3.05, 3.63) is 64.9 Å². The van der Waals surface area contributed by atoms with Gasteiger partial charge < -0.3 is 15.0 Å². The van der Waals surface area contributed by atoms with Gasteiger partial charge >= 0.3 is 0 Å². The van der Waals surface area contributed by atoms with E-state index in [1.165, 1.54) is 23.1 Å². The van der Waals surface area contributed by atoms with Crippen LogP contribution >= 0.6 is 11.6 Å². The summed E-state index contributed by atoms with van der Waals surface area (Å²) in [4.78, 5) is 26.9. The summed E-state index contributed by atoms with van der Waals surface area (Å²) >= 11 is 6.24. The molecule has 0 spiro atoms. The van der Waals surface area contributed by atoms with E-state index >= 15 is 0 Å². The number of rotatable bonds is 9. The number of hydrogen-bond acceptors (Lipinski definition) is 3. The molecular weight excluding hydrogens is 395 g/mol. The van der Waals surface area contributed by atoms with Crippen LogP contribution in [0.25, 0.3) is 0 Å². The molecular formula is C22H26ClFN2O3. The van der Waals surface area contributed by atoms with E-state index in [1.807, 2.05) is 19.9 Å². The predicted octanol–water partition coefficient (Wildman–Crippen LogP) is 4.19. The van der Waals surface area contributed by atoms with Crippen molar-refractivity contribution in [3.63, 3.8) is 0 Å². The van der Waals surface area contributed by atoms with Crippen LogP contribution in [-0.4, -0.2) is 35.4 Å². The number of benzene rings is 2. The molecule has 0 unspecified atom stereocenters. The van der Waals surface area contributed by atoms with E-state index in [1.54, 1.807) is 31.2 Å². The third-order valence-corrected chi connectivity index (χ3v) is 5.02. The SMILES string of the molecule is CC[C@@H](C)NC(=O)[C@H](C)N(Cc1ccccc1Cl)C(=O)COc1ccccc1F. The van der Waals surface area contributed by atoms with Crippen LogP contribution in [0.15, 0.2) is 48.5 Å². The summed E-state index contributed by atoms with van der Waals surface area (Å²) in [7, 11) is 0. The Balaban J connectivity index is 2.18. The molecule has 0 saturated heterocycles. The summed E-state index contributed by atoms with van der Waals surface area (Å²) < 4.78 is 19.1. The predicted molar refractivity (Wildman–Crippen MR) is 111 cm³/mol. The minimum atomic E-state index is -0.753. The molecule has 0 aliphatic rings. The zero-order valence-electron chi connectivity index (χ0n) is 16.8. The zero-order chi connectivity index (χ0) is 21.4. The summed E-state index contributed by atoms with van der Waals surface area (Å²) in [5, 5.41) is 3.38. The lowest BCUT2D eigenvalue weighted by molar-refractivity contribution is -0.142. The first kappa shape index (κ1) is 22.7. The highest BCUT2D eigenvalue weighted by Crippen LogP contribution is 2.20. The number of para-hydroxylation sites is 1. The molecule has 7 heteroatoms. The second-order valence-electron chi connectivity index (χ2n) is 6.83. The Morgan fingerprint density at radius 2 is 1.79 bits per heavy atom. The number of nitrogens with one attached hydrogen (secondary N) is 1. The summed E-state index contributed by atoms with van der Waals surface area (Å²) in [6, 6.07) is 12.2. The zero-order valence-corrected chi connectivity index (χ0v) is 17.6. The highest BCUT2D eigenvalue weighted by atomic mass is 35.5. The van der Waals surface area contributed by atoms with Crippen molar-refractivity contribution in [2.24, 2.45) is 0 Å². The second kappa shape index (κ2) is 10.8. The lowest BCUT2D eigenvalue weighted by Gasteiger charge is -2.30. The van der Waals surface area contributed by atoms with Crippen molar-refractivity contribution in [1.29, 1.82) is 0 Å². The number of ether oxygens (including phenoxy) is 1. The molecule has 29 heavy (non-hydrogen) atoms. The van der Waals surface area contributed by atoms with Crippen molar-refractivity contribution < 1.29 is 18.7 Å². The molecule has 0 aromatic heterocycles. The third kappa shape index (κ3) is 6.46. The summed E-state index contributed by atoms with van der Waals surface area (Å²) in [6.45, 7) is 5.24. The fraction of sp³-hybridized carbons (Fsp3) is 0.364. The third-order valence-electron chi connectivity index (χ3n) is 4.65. The Morgan fingerprint density at radius 3 is 2.45 bits per heavy atom. The Bertz CT molecular complexity index is 846. The molecule has 156 valence electrons. The molecule has 0 radical (unpaired) electrons. The maximum Gasteiger partial charge on any atom is 0.261 e. The van der Waals surface area contributed by atoms with Gasteiger partial charge in [-0.1, -0.05) is 48.9 Å². The van der Waals surface area contributed by atoms with Crippen LogP contribution < -0.4 is 10.1 Å². The Hall–Kier alpha value is -2.60. The topological polar surface area (TPSA) is 58.6 Å². The van der Waals surface area contributed by atoms with Crippen LogP contribution in [0, 0.1) is 5.82 Å². The number of hydrogen-bond donors (Lipinski definition) is 1. The molecule has 2 atom stereocenters. The van der Waals surface area contributed by atoms with E-state index in [4.69, 9.17) is 16.3 Å². The standard InChI is InChI=1S/C22H26ClFN2O3/c1-4-15(2)25-22(28)16(3)26(13-17-9-5-6-10-18(17)23)21(27)14-29-20-12-8-7-11-19(20)24/h5-12,15-16H,4,13-14H2,1-3H3,(H,25,28)/t15-,16+/m1/s1. The number of carbonyl (C=O) groups excluding carboxylic acids is 2. The molecule has 0 saturated carbocycles. The minimum Gasteiger partial charge on any atom is -0.481 e. The van der Waals surface area contributed by atoms with Gasteiger partial charge in [0.15, 0.2) is 18.2 Å². The monoisotopic (exact) mass is 420 g/mol. The summed E-state index contributed by atoms with van der Waals surface area (Å²) in [5.41, 5.74) is 0.705. The normalized spacial score (nSPS) is 12.7. The molecule has 0 fully saturated rings. The van der Waals surface area contributed by atoms with Gasteiger partial charge in [0.25, 0.3) is 5.91 Å². The van der Waals surface area contributed by atoms with Crippen LogP contribution in [0.3, 0.4) is 0 Å². The van der Waals surface area contributed by atoms with Gasteiger partial charge in [0.1, 0.15) is 6.04 Å². The summed E-state index contributed by atoms with van der Waals surface area (Å²) in [5.74, 6) is -1.29. The van der Waals surface area contributed by atoms with E-state index in [2.05, 4.69) is 5.32 Å². The van der Waals surface area contributed by atoms with Crippen LogP contribution in [0.5, 0.6) is 5.75 Å². The lowest BCUT2D eigenvalue weighted by atomic mass is 10.1. The van der Waals surface area contributed by atoms with Crippen molar-refractivity contribution in [2.45, 2.75) is 45.8 Å². The Kier molecular flexibility index (Phi) is 8.46. The first-order valence-corrected chi connectivity index (χ1v) is 9.91. The van der Waals surface area contributed by atoms with Crippen LogP contribution in [0.2, 0.25) is 5.02 Å². The minimum absolute atomic E-state index is 0.0168. The molecule has 0 aliphatic carbocycles. The molecule has 0 bridgehead atoms. The fourth-order valence-corrected chi connectivity index (χ4v) is 2.84.